The number of nitrogens with zero attached hydrogens (tertiary/aromatic N) is 2. The lowest BCUT2D eigenvalue weighted by Crippen LogP contribution is -2.37. The number of rotatable bonds is 16. The quantitative estimate of drug-likeness (QED) is 0.221. The molecule has 0 aliphatic heterocycles. The van der Waals surface area contributed by atoms with Gasteiger partial charge in [-0.05, 0) is 26.7 Å². The summed E-state index contributed by atoms with van der Waals surface area (Å²) in [6.07, 6.45) is 24.5. The fraction of sp³-hybridized carbons (Fsp3) is 0.870. The van der Waals surface area contributed by atoms with Crippen LogP contribution in [0, 0.1) is 6.92 Å². The van der Waals surface area contributed by atoms with Crippen molar-refractivity contribution < 1.29 is 4.57 Å². The average Bonchev–Trinajstić information content (AvgIpc) is 2.96. The van der Waals surface area contributed by atoms with Crippen LogP contribution in [0.2, 0.25) is 0 Å². The number of aromatic nitrogens is 2. The normalized spacial score (nSPS) is 11.6. The largest absolute Gasteiger partial charge is 0.253 e. The second kappa shape index (κ2) is 14.4. The molecule has 2 heteroatoms. The van der Waals surface area contributed by atoms with Crippen molar-refractivity contribution in [3.05, 3.63) is 18.2 Å². The van der Waals surface area contributed by atoms with Crippen LogP contribution >= 0.6 is 0 Å². The van der Waals surface area contributed by atoms with Gasteiger partial charge in [0.15, 0.2) is 0 Å². The molecule has 0 aromatic carbocycles. The molecule has 0 N–H and O–H groups in total. The molecule has 0 fully saturated rings. The van der Waals surface area contributed by atoms with Crippen LogP contribution in [0.5, 0.6) is 0 Å². The van der Waals surface area contributed by atoms with Gasteiger partial charge in [0.2, 0.25) is 0 Å². The standard InChI is InChI=1S/C23H45N2/c1-5-6-7-8-9-10-11-12-13-14-15-16-17-18-19-24-20-21-25(22(2)3)23(24)4/h20-22H,5-19H2,1-4H3/q+1. The molecule has 2 nitrogen and oxygen atoms in total. The third-order valence-electron chi connectivity index (χ3n) is 5.51. The minimum Gasteiger partial charge on any atom is -0.234 e. The molecule has 1 heterocycles. The highest BCUT2D eigenvalue weighted by Crippen LogP contribution is 2.13. The van der Waals surface area contributed by atoms with E-state index in [1.54, 1.807) is 0 Å². The van der Waals surface area contributed by atoms with E-state index in [2.05, 4.69) is 49.2 Å². The van der Waals surface area contributed by atoms with Crippen molar-refractivity contribution in [2.75, 3.05) is 0 Å². The van der Waals surface area contributed by atoms with Crippen molar-refractivity contribution >= 4 is 0 Å². The fourth-order valence-electron chi connectivity index (χ4n) is 3.78. The SMILES string of the molecule is CCCCCCCCCCCCCCCCn1cc[n+](C(C)C)c1C. The summed E-state index contributed by atoms with van der Waals surface area (Å²) in [5, 5.41) is 0. The predicted molar refractivity (Wildman–Crippen MR) is 110 cm³/mol. The molecule has 1 aromatic rings. The van der Waals surface area contributed by atoms with Gasteiger partial charge in [-0.25, -0.2) is 9.13 Å². The van der Waals surface area contributed by atoms with Crippen LogP contribution in [0.4, 0.5) is 0 Å². The summed E-state index contributed by atoms with van der Waals surface area (Å²) in [5.41, 5.74) is 0. The zero-order valence-corrected chi connectivity index (χ0v) is 17.7. The van der Waals surface area contributed by atoms with Crippen molar-refractivity contribution in [2.45, 2.75) is 130 Å². The van der Waals surface area contributed by atoms with Gasteiger partial charge in [0.05, 0.1) is 12.6 Å². The minimum absolute atomic E-state index is 0.567. The Morgan fingerprint density at radius 2 is 1.20 bits per heavy atom. The lowest BCUT2D eigenvalue weighted by molar-refractivity contribution is -0.721. The van der Waals surface area contributed by atoms with Crippen LogP contribution in [-0.4, -0.2) is 4.57 Å². The Morgan fingerprint density at radius 3 is 1.60 bits per heavy atom. The minimum atomic E-state index is 0.567. The molecule has 0 amide bonds. The first-order valence-electron chi connectivity index (χ1n) is 11.2. The van der Waals surface area contributed by atoms with Crippen LogP contribution in [0.25, 0.3) is 0 Å². The molecule has 0 spiro atoms. The van der Waals surface area contributed by atoms with Crippen molar-refractivity contribution in [1.82, 2.24) is 4.57 Å². The van der Waals surface area contributed by atoms with Crippen molar-refractivity contribution in [3.63, 3.8) is 0 Å². The zero-order chi connectivity index (χ0) is 18.3. The van der Waals surface area contributed by atoms with Crippen LogP contribution < -0.4 is 4.57 Å². The van der Waals surface area contributed by atoms with Crippen LogP contribution in [-0.2, 0) is 6.54 Å². The molecular formula is C23H45N2+. The van der Waals surface area contributed by atoms with E-state index in [0.717, 1.165) is 0 Å². The van der Waals surface area contributed by atoms with E-state index >= 15 is 0 Å². The van der Waals surface area contributed by atoms with Gasteiger partial charge in [0.1, 0.15) is 12.4 Å². The van der Waals surface area contributed by atoms with E-state index in [9.17, 15) is 0 Å². The lowest BCUT2D eigenvalue weighted by Gasteiger charge is -2.04. The van der Waals surface area contributed by atoms with Gasteiger partial charge in [-0.2, -0.15) is 0 Å². The Labute approximate surface area is 158 Å². The number of unbranched alkanes of at least 4 members (excludes halogenated alkanes) is 13. The van der Waals surface area contributed by atoms with Gasteiger partial charge < -0.3 is 0 Å². The van der Waals surface area contributed by atoms with E-state index < -0.39 is 0 Å². The monoisotopic (exact) mass is 349 g/mol. The van der Waals surface area contributed by atoms with E-state index in [0.29, 0.717) is 6.04 Å². The topological polar surface area (TPSA) is 8.81 Å². The van der Waals surface area contributed by atoms with E-state index in [1.807, 2.05) is 0 Å². The summed E-state index contributed by atoms with van der Waals surface area (Å²) in [6.45, 7) is 10.2. The van der Waals surface area contributed by atoms with Gasteiger partial charge in [-0.15, -0.1) is 0 Å². The highest BCUT2D eigenvalue weighted by Gasteiger charge is 2.13. The molecule has 0 saturated heterocycles. The lowest BCUT2D eigenvalue weighted by atomic mass is 10.0. The Kier molecular flexibility index (Phi) is 12.8. The molecule has 0 aliphatic carbocycles. The Hall–Kier alpha value is -0.790. The third kappa shape index (κ3) is 10.1. The van der Waals surface area contributed by atoms with Gasteiger partial charge in [-0.1, -0.05) is 84.0 Å². The summed E-state index contributed by atoms with van der Waals surface area (Å²) in [6, 6.07) is 0.567. The summed E-state index contributed by atoms with van der Waals surface area (Å²) < 4.78 is 4.78. The fourth-order valence-corrected chi connectivity index (χ4v) is 3.78. The predicted octanol–water partition coefficient (Wildman–Crippen LogP) is 7.15. The molecule has 1 aromatic heterocycles. The van der Waals surface area contributed by atoms with Gasteiger partial charge >= 0.3 is 0 Å². The average molecular weight is 350 g/mol. The van der Waals surface area contributed by atoms with E-state index in [4.69, 9.17) is 0 Å². The van der Waals surface area contributed by atoms with Gasteiger partial charge in [0, 0.05) is 6.92 Å². The molecule has 0 radical (unpaired) electrons. The molecule has 0 aliphatic rings. The molecule has 25 heavy (non-hydrogen) atoms. The number of aryl methyl sites for hydroxylation is 1. The zero-order valence-electron chi connectivity index (χ0n) is 17.7. The van der Waals surface area contributed by atoms with Crippen molar-refractivity contribution in [2.24, 2.45) is 0 Å². The number of hydrogen-bond donors (Lipinski definition) is 0. The van der Waals surface area contributed by atoms with E-state index in [-0.39, 0.29) is 0 Å². The highest BCUT2D eigenvalue weighted by atomic mass is 15.2. The first-order chi connectivity index (χ1) is 12.2. The third-order valence-corrected chi connectivity index (χ3v) is 5.51. The smallest absolute Gasteiger partial charge is 0.234 e. The van der Waals surface area contributed by atoms with Crippen LogP contribution in [0.1, 0.15) is 123 Å². The highest BCUT2D eigenvalue weighted by molar-refractivity contribution is 4.80. The van der Waals surface area contributed by atoms with E-state index in [1.165, 1.54) is 102 Å². The molecule has 0 saturated carbocycles. The van der Waals surface area contributed by atoms with Gasteiger partial charge in [-0.3, -0.25) is 0 Å². The summed E-state index contributed by atoms with van der Waals surface area (Å²) in [7, 11) is 0. The van der Waals surface area contributed by atoms with Crippen LogP contribution in [0.15, 0.2) is 12.4 Å². The Balaban J connectivity index is 1.88. The molecular weight excluding hydrogens is 304 g/mol. The second-order valence-corrected chi connectivity index (χ2v) is 8.14. The summed E-state index contributed by atoms with van der Waals surface area (Å²) >= 11 is 0. The molecule has 1 rings (SSSR count). The first-order valence-corrected chi connectivity index (χ1v) is 11.2. The maximum Gasteiger partial charge on any atom is 0.253 e. The maximum atomic E-state index is 2.42. The van der Waals surface area contributed by atoms with Crippen LogP contribution in [0.3, 0.4) is 0 Å². The van der Waals surface area contributed by atoms with Crippen molar-refractivity contribution in [1.29, 1.82) is 0 Å². The Bertz CT molecular complexity index is 420. The summed E-state index contributed by atoms with van der Waals surface area (Å²) in [4.78, 5) is 0. The molecule has 0 atom stereocenters. The number of imidazole rings is 1. The second-order valence-electron chi connectivity index (χ2n) is 8.14. The van der Waals surface area contributed by atoms with Gasteiger partial charge in [0.25, 0.3) is 5.82 Å². The molecule has 0 bridgehead atoms. The summed E-state index contributed by atoms with van der Waals surface area (Å²) in [5.74, 6) is 1.39. The number of hydrogen-bond acceptors (Lipinski definition) is 0. The maximum absolute atomic E-state index is 2.42. The van der Waals surface area contributed by atoms with Crippen molar-refractivity contribution in [3.8, 4) is 0 Å². The Morgan fingerprint density at radius 1 is 0.760 bits per heavy atom. The molecule has 0 unspecified atom stereocenters. The first kappa shape index (κ1) is 22.3. The molecule has 146 valence electrons.